The van der Waals surface area contributed by atoms with E-state index in [1.165, 1.54) is 11.9 Å². The average molecular weight is 444 g/mol. The number of amides is 2. The van der Waals surface area contributed by atoms with E-state index in [4.69, 9.17) is 39.5 Å². The molecule has 1 N–H and O–H groups in total. The molecule has 0 aromatic heterocycles. The number of carbonyl (C=O) groups is 2. The molecular weight excluding hydrogens is 423 g/mol. The highest BCUT2D eigenvalue weighted by molar-refractivity contribution is 6.35. The lowest BCUT2D eigenvalue weighted by Crippen LogP contribution is -2.48. The van der Waals surface area contributed by atoms with E-state index >= 15 is 0 Å². The molecule has 28 heavy (non-hydrogen) atoms. The fraction of sp³-hybridized carbons (Fsp3) is 0.300. The first-order valence-electron chi connectivity index (χ1n) is 8.57. The number of rotatable bonds is 7. The SMILES string of the molecule is CNC(=O)[C@@H](C)N(Cc1ccc(Cl)cc1Cl)C(=O)COc1ccc(Cl)c(C)c1. The van der Waals surface area contributed by atoms with Gasteiger partial charge in [-0.2, -0.15) is 0 Å². The van der Waals surface area contributed by atoms with Crippen molar-refractivity contribution in [3.8, 4) is 5.75 Å². The molecule has 0 spiro atoms. The number of benzene rings is 2. The number of carbonyl (C=O) groups excluding carboxylic acids is 2. The van der Waals surface area contributed by atoms with E-state index < -0.39 is 6.04 Å². The summed E-state index contributed by atoms with van der Waals surface area (Å²) >= 11 is 18.2. The number of aryl methyl sites for hydroxylation is 1. The number of nitrogens with zero attached hydrogens (tertiary/aromatic N) is 1. The third kappa shape index (κ3) is 5.77. The van der Waals surface area contributed by atoms with Gasteiger partial charge in [0, 0.05) is 28.7 Å². The second-order valence-corrected chi connectivity index (χ2v) is 7.50. The van der Waals surface area contributed by atoms with E-state index in [2.05, 4.69) is 5.32 Å². The molecule has 0 aliphatic carbocycles. The molecule has 5 nitrogen and oxygen atoms in total. The lowest BCUT2D eigenvalue weighted by atomic mass is 10.1. The highest BCUT2D eigenvalue weighted by atomic mass is 35.5. The minimum Gasteiger partial charge on any atom is -0.484 e. The topological polar surface area (TPSA) is 58.6 Å². The Morgan fingerprint density at radius 2 is 1.82 bits per heavy atom. The van der Waals surface area contributed by atoms with Crippen molar-refractivity contribution in [2.24, 2.45) is 0 Å². The minimum absolute atomic E-state index is 0.145. The number of halogens is 3. The third-order valence-corrected chi connectivity index (χ3v) is 5.27. The van der Waals surface area contributed by atoms with Crippen molar-refractivity contribution in [1.82, 2.24) is 10.2 Å². The van der Waals surface area contributed by atoms with Crippen molar-refractivity contribution in [2.45, 2.75) is 26.4 Å². The molecular formula is C20H21Cl3N2O3. The molecule has 0 saturated carbocycles. The largest absolute Gasteiger partial charge is 0.484 e. The Labute approximate surface area is 179 Å². The van der Waals surface area contributed by atoms with Crippen LogP contribution in [-0.2, 0) is 16.1 Å². The van der Waals surface area contributed by atoms with E-state index in [0.29, 0.717) is 26.4 Å². The van der Waals surface area contributed by atoms with Crippen LogP contribution in [0.2, 0.25) is 15.1 Å². The summed E-state index contributed by atoms with van der Waals surface area (Å²) in [7, 11) is 1.52. The molecule has 2 aromatic rings. The molecule has 1 atom stereocenters. The standard InChI is InChI=1S/C20H21Cl3N2O3/c1-12-8-16(6-7-17(12)22)28-11-19(26)25(13(2)20(27)24-3)10-14-4-5-15(21)9-18(14)23/h4-9,13H,10-11H2,1-3H3,(H,24,27)/t13-/m1/s1. The Bertz CT molecular complexity index is 874. The van der Waals surface area contributed by atoms with Gasteiger partial charge in [0.25, 0.3) is 5.91 Å². The van der Waals surface area contributed by atoms with Gasteiger partial charge in [-0.15, -0.1) is 0 Å². The molecule has 0 radical (unpaired) electrons. The Balaban J connectivity index is 2.18. The van der Waals surface area contributed by atoms with Gasteiger partial charge in [-0.3, -0.25) is 9.59 Å². The van der Waals surface area contributed by atoms with Crippen molar-refractivity contribution >= 4 is 46.6 Å². The van der Waals surface area contributed by atoms with E-state index in [9.17, 15) is 9.59 Å². The van der Waals surface area contributed by atoms with Crippen molar-refractivity contribution in [3.05, 3.63) is 62.6 Å². The quantitative estimate of drug-likeness (QED) is 0.685. The number of likely N-dealkylation sites (N-methyl/N-ethyl adjacent to an activating group) is 1. The zero-order valence-electron chi connectivity index (χ0n) is 15.8. The first kappa shape index (κ1) is 22.3. The van der Waals surface area contributed by atoms with E-state index in [-0.39, 0.29) is 25.0 Å². The molecule has 0 saturated heterocycles. The molecule has 0 bridgehead atoms. The Morgan fingerprint density at radius 1 is 1.11 bits per heavy atom. The molecule has 0 aliphatic heterocycles. The van der Waals surface area contributed by atoms with Gasteiger partial charge in [-0.25, -0.2) is 0 Å². The van der Waals surface area contributed by atoms with Crippen molar-refractivity contribution in [3.63, 3.8) is 0 Å². The summed E-state index contributed by atoms with van der Waals surface area (Å²) < 4.78 is 5.60. The van der Waals surface area contributed by atoms with Crippen molar-refractivity contribution in [2.75, 3.05) is 13.7 Å². The predicted octanol–water partition coefficient (Wildman–Crippen LogP) is 4.50. The van der Waals surface area contributed by atoms with Crippen molar-refractivity contribution in [1.29, 1.82) is 0 Å². The van der Waals surface area contributed by atoms with Crippen LogP contribution in [0, 0.1) is 6.92 Å². The lowest BCUT2D eigenvalue weighted by Gasteiger charge is -2.28. The Hall–Kier alpha value is -1.95. The lowest BCUT2D eigenvalue weighted by molar-refractivity contribution is -0.142. The van der Waals surface area contributed by atoms with Crippen LogP contribution in [0.1, 0.15) is 18.1 Å². The normalized spacial score (nSPS) is 11.6. The maximum atomic E-state index is 12.8. The average Bonchev–Trinajstić information content (AvgIpc) is 2.67. The molecule has 0 unspecified atom stereocenters. The highest BCUT2D eigenvalue weighted by Crippen LogP contribution is 2.24. The molecule has 150 valence electrons. The van der Waals surface area contributed by atoms with Gasteiger partial charge in [0.15, 0.2) is 6.61 Å². The zero-order chi connectivity index (χ0) is 20.8. The van der Waals surface area contributed by atoms with Gasteiger partial charge in [0.2, 0.25) is 5.91 Å². The summed E-state index contributed by atoms with van der Waals surface area (Å²) in [6.45, 7) is 3.41. The van der Waals surface area contributed by atoms with Gasteiger partial charge in [0.1, 0.15) is 11.8 Å². The van der Waals surface area contributed by atoms with Crippen LogP contribution in [0.25, 0.3) is 0 Å². The van der Waals surface area contributed by atoms with Crippen LogP contribution in [0.3, 0.4) is 0 Å². The summed E-state index contributed by atoms with van der Waals surface area (Å²) in [6, 6.07) is 9.44. The predicted molar refractivity (Wildman–Crippen MR) is 112 cm³/mol. The zero-order valence-corrected chi connectivity index (χ0v) is 18.0. The number of ether oxygens (including phenoxy) is 1. The smallest absolute Gasteiger partial charge is 0.261 e. The number of nitrogens with one attached hydrogen (secondary N) is 1. The first-order chi connectivity index (χ1) is 13.2. The molecule has 2 aromatic carbocycles. The second kappa shape index (κ2) is 10.0. The van der Waals surface area contributed by atoms with Gasteiger partial charge in [-0.1, -0.05) is 40.9 Å². The second-order valence-electron chi connectivity index (χ2n) is 6.25. The maximum absolute atomic E-state index is 12.8. The fourth-order valence-corrected chi connectivity index (χ4v) is 3.15. The molecule has 0 heterocycles. The van der Waals surface area contributed by atoms with Crippen LogP contribution in [0.15, 0.2) is 36.4 Å². The molecule has 0 aliphatic rings. The monoisotopic (exact) mass is 442 g/mol. The summed E-state index contributed by atoms with van der Waals surface area (Å²) in [5.41, 5.74) is 1.52. The van der Waals surface area contributed by atoms with Crippen molar-refractivity contribution < 1.29 is 14.3 Å². The summed E-state index contributed by atoms with van der Waals surface area (Å²) in [4.78, 5) is 26.4. The number of hydrogen-bond acceptors (Lipinski definition) is 3. The van der Waals surface area contributed by atoms with Gasteiger partial charge in [-0.05, 0) is 55.3 Å². The Kier molecular flexibility index (Phi) is 7.98. The first-order valence-corrected chi connectivity index (χ1v) is 9.70. The highest BCUT2D eigenvalue weighted by Gasteiger charge is 2.26. The molecule has 2 rings (SSSR count). The van der Waals surface area contributed by atoms with E-state index in [1.807, 2.05) is 6.92 Å². The fourth-order valence-electron chi connectivity index (χ4n) is 2.56. The Morgan fingerprint density at radius 3 is 2.43 bits per heavy atom. The molecule has 2 amide bonds. The summed E-state index contributed by atoms with van der Waals surface area (Å²) in [6.07, 6.45) is 0. The molecule has 0 fully saturated rings. The van der Waals surface area contributed by atoms with Gasteiger partial charge < -0.3 is 15.0 Å². The maximum Gasteiger partial charge on any atom is 0.261 e. The van der Waals surface area contributed by atoms with Crippen LogP contribution < -0.4 is 10.1 Å². The summed E-state index contributed by atoms with van der Waals surface area (Å²) in [5.74, 6) is -0.122. The van der Waals surface area contributed by atoms with Crippen LogP contribution in [-0.4, -0.2) is 36.4 Å². The van der Waals surface area contributed by atoms with E-state index in [1.54, 1.807) is 43.3 Å². The third-order valence-electron chi connectivity index (χ3n) is 4.26. The number of hydrogen-bond donors (Lipinski definition) is 1. The van der Waals surface area contributed by atoms with Crippen LogP contribution in [0.4, 0.5) is 0 Å². The van der Waals surface area contributed by atoms with Crippen LogP contribution >= 0.6 is 34.8 Å². The molecule has 8 heteroatoms. The van der Waals surface area contributed by atoms with Gasteiger partial charge >= 0.3 is 0 Å². The summed E-state index contributed by atoms with van der Waals surface area (Å²) in [5, 5.41) is 4.08. The minimum atomic E-state index is -0.709. The van der Waals surface area contributed by atoms with Crippen LogP contribution in [0.5, 0.6) is 5.75 Å². The van der Waals surface area contributed by atoms with Gasteiger partial charge in [0.05, 0.1) is 0 Å². The van der Waals surface area contributed by atoms with E-state index in [0.717, 1.165) is 5.56 Å².